The van der Waals surface area contributed by atoms with Crippen molar-refractivity contribution in [1.82, 2.24) is 0 Å². The van der Waals surface area contributed by atoms with Crippen LogP contribution in [0.2, 0.25) is 5.02 Å². The number of anilines is 1. The molecular formula is C13H19BrCl2N2O. The van der Waals surface area contributed by atoms with Crippen molar-refractivity contribution in [2.45, 2.75) is 32.1 Å². The molecule has 0 aliphatic heterocycles. The van der Waals surface area contributed by atoms with Gasteiger partial charge in [0.2, 0.25) is 5.91 Å². The van der Waals surface area contributed by atoms with Gasteiger partial charge >= 0.3 is 0 Å². The lowest BCUT2D eigenvalue weighted by Crippen LogP contribution is -2.11. The van der Waals surface area contributed by atoms with Gasteiger partial charge in [0.05, 0.1) is 5.02 Å². The van der Waals surface area contributed by atoms with Gasteiger partial charge < -0.3 is 11.1 Å². The second kappa shape index (κ2) is 10.5. The Balaban J connectivity index is 0.00000324. The molecule has 0 saturated carbocycles. The van der Waals surface area contributed by atoms with Gasteiger partial charge in [-0.3, -0.25) is 4.79 Å². The van der Waals surface area contributed by atoms with Gasteiger partial charge in [0, 0.05) is 16.6 Å². The predicted molar refractivity (Wildman–Crippen MR) is 87.2 cm³/mol. The molecule has 0 saturated heterocycles. The molecule has 0 aliphatic rings. The molecule has 0 unspecified atom stereocenters. The predicted octanol–water partition coefficient (Wildman–Crippen LogP) is 4.37. The fourth-order valence-corrected chi connectivity index (χ4v) is 2.08. The molecule has 108 valence electrons. The largest absolute Gasteiger partial charge is 0.330 e. The van der Waals surface area contributed by atoms with Crippen LogP contribution in [0.4, 0.5) is 5.69 Å². The third-order valence-corrected chi connectivity index (χ3v) is 3.78. The van der Waals surface area contributed by atoms with Crippen LogP contribution >= 0.6 is 39.9 Å². The Kier molecular flexibility index (Phi) is 10.3. The zero-order valence-electron chi connectivity index (χ0n) is 10.6. The molecule has 0 aromatic heterocycles. The minimum absolute atomic E-state index is 0. The van der Waals surface area contributed by atoms with E-state index in [0.717, 1.165) is 42.4 Å². The Hall–Kier alpha value is -0.290. The summed E-state index contributed by atoms with van der Waals surface area (Å²) >= 11 is 9.20. The van der Waals surface area contributed by atoms with E-state index in [-0.39, 0.29) is 18.3 Å². The molecule has 3 nitrogen and oxygen atoms in total. The Labute approximate surface area is 133 Å². The highest BCUT2D eigenvalue weighted by Crippen LogP contribution is 2.25. The quantitative estimate of drug-likeness (QED) is 0.701. The number of hydrogen-bond acceptors (Lipinski definition) is 2. The first kappa shape index (κ1) is 18.7. The number of carbonyl (C=O) groups is 1. The van der Waals surface area contributed by atoms with E-state index in [1.807, 2.05) is 0 Å². The molecule has 19 heavy (non-hydrogen) atoms. The summed E-state index contributed by atoms with van der Waals surface area (Å²) in [5.74, 6) is 0.0389. The number of hydrogen-bond donors (Lipinski definition) is 2. The fraction of sp³-hybridized carbons (Fsp3) is 0.462. The molecule has 0 fully saturated rings. The molecule has 3 N–H and O–H groups in total. The molecule has 0 bridgehead atoms. The third kappa shape index (κ3) is 7.78. The first-order valence-corrected chi connectivity index (χ1v) is 7.25. The molecule has 0 radical (unpaired) electrons. The van der Waals surface area contributed by atoms with Crippen LogP contribution < -0.4 is 11.1 Å². The number of benzene rings is 1. The molecule has 6 heteroatoms. The number of nitrogens with one attached hydrogen (secondary N) is 1. The van der Waals surface area contributed by atoms with Crippen LogP contribution in [0.1, 0.15) is 32.1 Å². The number of nitrogens with two attached hydrogens (primary N) is 1. The van der Waals surface area contributed by atoms with Crippen LogP contribution in [0.5, 0.6) is 0 Å². The summed E-state index contributed by atoms with van der Waals surface area (Å²) in [4.78, 5) is 11.7. The van der Waals surface area contributed by atoms with Crippen LogP contribution in [0.15, 0.2) is 22.7 Å². The summed E-state index contributed by atoms with van der Waals surface area (Å²) in [5.41, 5.74) is 6.17. The summed E-state index contributed by atoms with van der Waals surface area (Å²) in [5, 5.41) is 3.48. The minimum atomic E-state index is 0. The van der Waals surface area contributed by atoms with Crippen molar-refractivity contribution in [3.63, 3.8) is 0 Å². The summed E-state index contributed by atoms with van der Waals surface area (Å²) < 4.78 is 0.782. The topological polar surface area (TPSA) is 55.1 Å². The minimum Gasteiger partial charge on any atom is -0.330 e. The Bertz CT molecular complexity index is 402. The van der Waals surface area contributed by atoms with Crippen molar-refractivity contribution in [2.24, 2.45) is 5.73 Å². The van der Waals surface area contributed by atoms with Crippen LogP contribution in [-0.2, 0) is 4.79 Å². The molecule has 0 aliphatic carbocycles. The average Bonchev–Trinajstić information content (AvgIpc) is 2.34. The van der Waals surface area contributed by atoms with Gasteiger partial charge in [-0.15, -0.1) is 12.4 Å². The van der Waals surface area contributed by atoms with E-state index in [1.54, 1.807) is 18.2 Å². The monoisotopic (exact) mass is 368 g/mol. The zero-order valence-corrected chi connectivity index (χ0v) is 13.8. The molecule has 0 heterocycles. The summed E-state index contributed by atoms with van der Waals surface area (Å²) in [6.07, 6.45) is 4.63. The van der Waals surface area contributed by atoms with Gasteiger partial charge in [-0.1, -0.05) is 24.4 Å². The first-order chi connectivity index (χ1) is 8.63. The molecule has 0 atom stereocenters. The maximum atomic E-state index is 11.7. The number of carbonyl (C=O) groups excluding carboxylic acids is 1. The number of halogens is 3. The highest BCUT2D eigenvalue weighted by Gasteiger charge is 2.04. The van der Waals surface area contributed by atoms with E-state index >= 15 is 0 Å². The number of amides is 1. The molecule has 1 aromatic carbocycles. The lowest BCUT2D eigenvalue weighted by Gasteiger charge is -2.06. The SMILES string of the molecule is Cl.NCCCCCCC(=O)Nc1ccc(Cl)c(Br)c1. The van der Waals surface area contributed by atoms with E-state index in [9.17, 15) is 4.79 Å². The Morgan fingerprint density at radius 3 is 2.58 bits per heavy atom. The highest BCUT2D eigenvalue weighted by molar-refractivity contribution is 9.10. The fourth-order valence-electron chi connectivity index (χ4n) is 1.58. The number of unbranched alkanes of at least 4 members (excludes halogenated alkanes) is 3. The van der Waals surface area contributed by atoms with Gasteiger partial charge in [0.1, 0.15) is 0 Å². The van der Waals surface area contributed by atoms with E-state index in [0.29, 0.717) is 11.4 Å². The van der Waals surface area contributed by atoms with Gasteiger partial charge in [0.15, 0.2) is 0 Å². The van der Waals surface area contributed by atoms with Gasteiger partial charge in [-0.25, -0.2) is 0 Å². The second-order valence-corrected chi connectivity index (χ2v) is 5.39. The van der Waals surface area contributed by atoms with Crippen LogP contribution in [0.25, 0.3) is 0 Å². The molecule has 1 rings (SSSR count). The van der Waals surface area contributed by atoms with Crippen molar-refractivity contribution < 1.29 is 4.79 Å². The van der Waals surface area contributed by atoms with E-state index < -0.39 is 0 Å². The molecule has 0 spiro atoms. The normalized spacial score (nSPS) is 9.84. The van der Waals surface area contributed by atoms with Crippen LogP contribution in [-0.4, -0.2) is 12.5 Å². The van der Waals surface area contributed by atoms with Gasteiger partial charge in [0.25, 0.3) is 0 Å². The van der Waals surface area contributed by atoms with Crippen molar-refractivity contribution in [1.29, 1.82) is 0 Å². The standard InChI is InChI=1S/C13H18BrClN2O.ClH/c14-11-9-10(6-7-12(11)15)17-13(18)5-3-1-2-4-8-16;/h6-7,9H,1-5,8,16H2,(H,17,18);1H. The van der Waals surface area contributed by atoms with Gasteiger partial charge in [-0.05, 0) is 53.5 Å². The summed E-state index contributed by atoms with van der Waals surface area (Å²) in [6, 6.07) is 5.34. The lowest BCUT2D eigenvalue weighted by molar-refractivity contribution is -0.116. The smallest absolute Gasteiger partial charge is 0.224 e. The van der Waals surface area contributed by atoms with Crippen LogP contribution in [0.3, 0.4) is 0 Å². The van der Waals surface area contributed by atoms with Crippen LogP contribution in [0, 0.1) is 0 Å². The summed E-state index contributed by atoms with van der Waals surface area (Å²) in [6.45, 7) is 0.727. The molecule has 1 amide bonds. The number of rotatable bonds is 7. The Morgan fingerprint density at radius 2 is 1.95 bits per heavy atom. The Morgan fingerprint density at radius 1 is 1.26 bits per heavy atom. The maximum Gasteiger partial charge on any atom is 0.224 e. The van der Waals surface area contributed by atoms with Crippen molar-refractivity contribution >= 4 is 51.5 Å². The van der Waals surface area contributed by atoms with Crippen molar-refractivity contribution in [3.05, 3.63) is 27.7 Å². The van der Waals surface area contributed by atoms with E-state index in [4.69, 9.17) is 17.3 Å². The van der Waals surface area contributed by atoms with Gasteiger partial charge in [-0.2, -0.15) is 0 Å². The second-order valence-electron chi connectivity index (χ2n) is 4.13. The average molecular weight is 370 g/mol. The lowest BCUT2D eigenvalue weighted by atomic mass is 10.1. The third-order valence-electron chi connectivity index (χ3n) is 2.56. The molecular weight excluding hydrogens is 351 g/mol. The first-order valence-electron chi connectivity index (χ1n) is 6.08. The van der Waals surface area contributed by atoms with Crippen molar-refractivity contribution in [3.8, 4) is 0 Å². The van der Waals surface area contributed by atoms with E-state index in [2.05, 4.69) is 21.2 Å². The van der Waals surface area contributed by atoms with Crippen molar-refractivity contribution in [2.75, 3.05) is 11.9 Å². The molecule has 1 aromatic rings. The van der Waals surface area contributed by atoms with E-state index in [1.165, 1.54) is 0 Å². The zero-order chi connectivity index (χ0) is 13.4. The maximum absolute atomic E-state index is 11.7. The summed E-state index contributed by atoms with van der Waals surface area (Å²) in [7, 11) is 0. The highest BCUT2D eigenvalue weighted by atomic mass is 79.9.